The van der Waals surface area contributed by atoms with Crippen molar-refractivity contribution in [2.75, 3.05) is 5.43 Å². The Bertz CT molecular complexity index is 775. The predicted molar refractivity (Wildman–Crippen MR) is 92.7 cm³/mol. The standard InChI is InChI=1S/C15H11ClIN3/c16-12-7-10(17)6-11-14(20-18)8-13(19-15(11)12)9-4-2-1-3-5-9/h1-8H,18H2,(H,19,20). The van der Waals surface area contributed by atoms with E-state index in [4.69, 9.17) is 17.4 Å². The molecule has 3 N–H and O–H groups in total. The van der Waals surface area contributed by atoms with Crippen molar-refractivity contribution in [2.45, 2.75) is 0 Å². The van der Waals surface area contributed by atoms with Crippen LogP contribution >= 0.6 is 34.2 Å². The molecule has 0 bridgehead atoms. The topological polar surface area (TPSA) is 50.9 Å². The molecule has 20 heavy (non-hydrogen) atoms. The number of anilines is 1. The van der Waals surface area contributed by atoms with Gasteiger partial charge in [0, 0.05) is 14.5 Å². The van der Waals surface area contributed by atoms with Crippen LogP contribution in [0.2, 0.25) is 5.02 Å². The van der Waals surface area contributed by atoms with E-state index in [-0.39, 0.29) is 0 Å². The fourth-order valence-electron chi connectivity index (χ4n) is 2.13. The first-order chi connectivity index (χ1) is 9.69. The number of pyridine rings is 1. The largest absolute Gasteiger partial charge is 0.323 e. The van der Waals surface area contributed by atoms with Crippen LogP contribution in [0.3, 0.4) is 0 Å². The van der Waals surface area contributed by atoms with Gasteiger partial charge in [0.15, 0.2) is 0 Å². The third-order valence-corrected chi connectivity index (χ3v) is 3.97. The lowest BCUT2D eigenvalue weighted by Gasteiger charge is -2.11. The number of rotatable bonds is 2. The second-order valence-corrected chi connectivity index (χ2v) is 6.00. The lowest BCUT2D eigenvalue weighted by molar-refractivity contribution is 1.33. The van der Waals surface area contributed by atoms with Gasteiger partial charge in [-0.05, 0) is 40.8 Å². The Kier molecular flexibility index (Phi) is 3.78. The van der Waals surface area contributed by atoms with Gasteiger partial charge in [0.25, 0.3) is 0 Å². The van der Waals surface area contributed by atoms with Crippen molar-refractivity contribution in [3.8, 4) is 11.3 Å². The van der Waals surface area contributed by atoms with Crippen LogP contribution in [-0.2, 0) is 0 Å². The van der Waals surface area contributed by atoms with Crippen LogP contribution < -0.4 is 11.3 Å². The average molecular weight is 396 g/mol. The van der Waals surface area contributed by atoms with E-state index < -0.39 is 0 Å². The van der Waals surface area contributed by atoms with Crippen LogP contribution in [0.5, 0.6) is 0 Å². The number of aromatic nitrogens is 1. The summed E-state index contributed by atoms with van der Waals surface area (Å²) in [6.07, 6.45) is 0. The third kappa shape index (κ3) is 2.46. The maximum atomic E-state index is 6.31. The Hall–Kier alpha value is -1.37. The number of fused-ring (bicyclic) bond motifs is 1. The number of nitrogens with two attached hydrogens (primary N) is 1. The molecule has 100 valence electrons. The van der Waals surface area contributed by atoms with E-state index >= 15 is 0 Å². The molecule has 0 aliphatic carbocycles. The summed E-state index contributed by atoms with van der Waals surface area (Å²) in [5, 5.41) is 1.55. The molecule has 0 radical (unpaired) electrons. The molecule has 0 spiro atoms. The highest BCUT2D eigenvalue weighted by atomic mass is 127. The molecule has 0 unspecified atom stereocenters. The van der Waals surface area contributed by atoms with Gasteiger partial charge in [0.2, 0.25) is 0 Å². The fourth-order valence-corrected chi connectivity index (χ4v) is 3.20. The van der Waals surface area contributed by atoms with Crippen molar-refractivity contribution in [2.24, 2.45) is 5.84 Å². The van der Waals surface area contributed by atoms with Crippen molar-refractivity contribution >= 4 is 50.8 Å². The zero-order chi connectivity index (χ0) is 14.1. The maximum Gasteiger partial charge on any atom is 0.0917 e. The van der Waals surface area contributed by atoms with Gasteiger partial charge in [-0.15, -0.1) is 0 Å². The molecule has 0 saturated carbocycles. The highest BCUT2D eigenvalue weighted by Crippen LogP contribution is 2.33. The molecule has 3 rings (SSSR count). The molecule has 2 aromatic carbocycles. The average Bonchev–Trinajstić information content (AvgIpc) is 2.47. The molecule has 0 fully saturated rings. The van der Waals surface area contributed by atoms with E-state index in [0.717, 1.165) is 31.4 Å². The van der Waals surface area contributed by atoms with Crippen molar-refractivity contribution < 1.29 is 0 Å². The van der Waals surface area contributed by atoms with Gasteiger partial charge in [0.05, 0.1) is 21.9 Å². The molecule has 3 aromatic rings. The molecule has 0 aliphatic rings. The highest BCUT2D eigenvalue weighted by molar-refractivity contribution is 14.1. The minimum absolute atomic E-state index is 0.626. The summed E-state index contributed by atoms with van der Waals surface area (Å²) in [7, 11) is 0. The number of nitrogen functional groups attached to an aromatic ring is 1. The second kappa shape index (κ2) is 5.55. The number of nitrogens with zero attached hydrogens (tertiary/aromatic N) is 1. The fraction of sp³-hybridized carbons (Fsp3) is 0. The maximum absolute atomic E-state index is 6.31. The van der Waals surface area contributed by atoms with Crippen LogP contribution in [0.15, 0.2) is 48.5 Å². The van der Waals surface area contributed by atoms with Crippen molar-refractivity contribution in [1.82, 2.24) is 4.98 Å². The lowest BCUT2D eigenvalue weighted by atomic mass is 10.1. The number of benzene rings is 2. The van der Waals surface area contributed by atoms with Crippen LogP contribution in [0.1, 0.15) is 0 Å². The first-order valence-electron chi connectivity index (χ1n) is 6.01. The minimum Gasteiger partial charge on any atom is -0.323 e. The summed E-state index contributed by atoms with van der Waals surface area (Å²) in [5.41, 5.74) is 6.17. The molecule has 0 amide bonds. The molecule has 0 saturated heterocycles. The van der Waals surface area contributed by atoms with Gasteiger partial charge < -0.3 is 5.43 Å². The van der Waals surface area contributed by atoms with E-state index in [0.29, 0.717) is 5.02 Å². The number of hydrazine groups is 1. The smallest absolute Gasteiger partial charge is 0.0917 e. The summed E-state index contributed by atoms with van der Waals surface area (Å²) in [6.45, 7) is 0. The predicted octanol–water partition coefficient (Wildman–Crippen LogP) is 4.45. The monoisotopic (exact) mass is 395 g/mol. The van der Waals surface area contributed by atoms with E-state index in [1.54, 1.807) is 0 Å². The van der Waals surface area contributed by atoms with Gasteiger partial charge in [-0.1, -0.05) is 41.9 Å². The summed E-state index contributed by atoms with van der Waals surface area (Å²) >= 11 is 8.54. The Balaban J connectivity index is 2.32. The number of hydrogen-bond donors (Lipinski definition) is 2. The Morgan fingerprint density at radius 2 is 1.85 bits per heavy atom. The van der Waals surface area contributed by atoms with E-state index in [1.807, 2.05) is 48.5 Å². The molecule has 5 heteroatoms. The van der Waals surface area contributed by atoms with E-state index in [9.17, 15) is 0 Å². The highest BCUT2D eigenvalue weighted by Gasteiger charge is 2.10. The van der Waals surface area contributed by atoms with E-state index in [1.165, 1.54) is 0 Å². The van der Waals surface area contributed by atoms with Gasteiger partial charge in [-0.2, -0.15) is 0 Å². The van der Waals surface area contributed by atoms with Crippen molar-refractivity contribution in [1.29, 1.82) is 0 Å². The van der Waals surface area contributed by atoms with Crippen LogP contribution in [0, 0.1) is 3.57 Å². The Morgan fingerprint density at radius 1 is 1.10 bits per heavy atom. The van der Waals surface area contributed by atoms with E-state index in [2.05, 4.69) is 33.0 Å². The molecular formula is C15H11ClIN3. The van der Waals surface area contributed by atoms with Crippen LogP contribution in [0.4, 0.5) is 5.69 Å². The number of nitrogens with one attached hydrogen (secondary N) is 1. The normalized spacial score (nSPS) is 10.8. The zero-order valence-corrected chi connectivity index (χ0v) is 13.3. The Labute approximate surface area is 135 Å². The number of halogens is 2. The molecule has 0 aliphatic heterocycles. The third-order valence-electron chi connectivity index (χ3n) is 3.06. The number of hydrogen-bond acceptors (Lipinski definition) is 3. The van der Waals surface area contributed by atoms with Gasteiger partial charge >= 0.3 is 0 Å². The second-order valence-electron chi connectivity index (χ2n) is 4.35. The summed E-state index contributed by atoms with van der Waals surface area (Å²) < 4.78 is 1.05. The summed E-state index contributed by atoms with van der Waals surface area (Å²) in [4.78, 5) is 4.66. The van der Waals surface area contributed by atoms with Gasteiger partial charge in [-0.25, -0.2) is 4.98 Å². The lowest BCUT2D eigenvalue weighted by Crippen LogP contribution is -2.08. The quantitative estimate of drug-likeness (QED) is 0.383. The van der Waals surface area contributed by atoms with Crippen molar-refractivity contribution in [3.63, 3.8) is 0 Å². The van der Waals surface area contributed by atoms with Gasteiger partial charge in [0.1, 0.15) is 0 Å². The summed E-state index contributed by atoms with van der Waals surface area (Å²) in [5.74, 6) is 5.64. The molecule has 1 heterocycles. The first kappa shape index (κ1) is 13.6. The minimum atomic E-state index is 0.626. The zero-order valence-electron chi connectivity index (χ0n) is 10.4. The Morgan fingerprint density at radius 3 is 2.55 bits per heavy atom. The molecule has 1 aromatic heterocycles. The molecule has 0 atom stereocenters. The van der Waals surface area contributed by atoms with Crippen LogP contribution in [-0.4, -0.2) is 4.98 Å². The summed E-state index contributed by atoms with van der Waals surface area (Å²) in [6, 6.07) is 15.8. The van der Waals surface area contributed by atoms with Crippen molar-refractivity contribution in [3.05, 3.63) is 57.1 Å². The molecular weight excluding hydrogens is 385 g/mol. The SMILES string of the molecule is NNc1cc(-c2ccccc2)nc2c(Cl)cc(I)cc12. The first-order valence-corrected chi connectivity index (χ1v) is 7.46. The van der Waals surface area contributed by atoms with Gasteiger partial charge in [-0.3, -0.25) is 5.84 Å². The van der Waals surface area contributed by atoms with Crippen LogP contribution in [0.25, 0.3) is 22.2 Å². The molecule has 3 nitrogen and oxygen atoms in total.